The van der Waals surface area contributed by atoms with E-state index in [4.69, 9.17) is 5.73 Å². The van der Waals surface area contributed by atoms with Crippen molar-refractivity contribution in [3.05, 3.63) is 42.0 Å². The standard InChI is InChI=1S/C11H13N3S.HI/c1-15-11(12)14-13-9-5-8-10-6-3-2-4-7-10;/h2-9H,1H3,(H2,12,14);1H/b8-5+,13-9+;. The van der Waals surface area contributed by atoms with Crippen LogP contribution in [0.25, 0.3) is 6.08 Å². The number of benzene rings is 1. The van der Waals surface area contributed by atoms with Crippen molar-refractivity contribution in [2.75, 3.05) is 6.26 Å². The Morgan fingerprint density at radius 2 is 2.00 bits per heavy atom. The van der Waals surface area contributed by atoms with E-state index < -0.39 is 0 Å². The van der Waals surface area contributed by atoms with Crippen molar-refractivity contribution >= 4 is 53.2 Å². The van der Waals surface area contributed by atoms with Crippen LogP contribution in [-0.2, 0) is 0 Å². The second kappa shape index (κ2) is 9.41. The van der Waals surface area contributed by atoms with Gasteiger partial charge in [0, 0.05) is 6.21 Å². The molecule has 0 amide bonds. The van der Waals surface area contributed by atoms with Crippen molar-refractivity contribution in [3.63, 3.8) is 0 Å². The van der Waals surface area contributed by atoms with Crippen molar-refractivity contribution in [1.29, 1.82) is 0 Å². The van der Waals surface area contributed by atoms with Gasteiger partial charge in [-0.15, -0.1) is 29.1 Å². The van der Waals surface area contributed by atoms with Crippen molar-refractivity contribution in [2.24, 2.45) is 15.9 Å². The van der Waals surface area contributed by atoms with Gasteiger partial charge < -0.3 is 5.73 Å². The average molecular weight is 347 g/mol. The lowest BCUT2D eigenvalue weighted by Gasteiger charge is -1.88. The molecule has 0 aliphatic carbocycles. The lowest BCUT2D eigenvalue weighted by atomic mass is 10.2. The van der Waals surface area contributed by atoms with Crippen LogP contribution in [0.3, 0.4) is 0 Å². The van der Waals surface area contributed by atoms with E-state index in [2.05, 4.69) is 10.2 Å². The topological polar surface area (TPSA) is 50.7 Å². The molecule has 1 aromatic rings. The van der Waals surface area contributed by atoms with E-state index in [1.165, 1.54) is 11.8 Å². The highest BCUT2D eigenvalue weighted by molar-refractivity contribution is 14.0. The zero-order valence-electron chi connectivity index (χ0n) is 8.91. The zero-order valence-corrected chi connectivity index (χ0v) is 12.1. The first-order valence-corrected chi connectivity index (χ1v) is 5.67. The van der Waals surface area contributed by atoms with Crippen LogP contribution in [-0.4, -0.2) is 17.6 Å². The van der Waals surface area contributed by atoms with E-state index in [1.807, 2.05) is 48.7 Å². The van der Waals surface area contributed by atoms with Gasteiger partial charge in [-0.2, -0.15) is 5.10 Å². The summed E-state index contributed by atoms with van der Waals surface area (Å²) in [5, 5.41) is 7.99. The molecule has 1 rings (SSSR count). The molecule has 0 bridgehead atoms. The molecule has 86 valence electrons. The molecule has 16 heavy (non-hydrogen) atoms. The maximum Gasteiger partial charge on any atom is 0.180 e. The number of nitrogens with zero attached hydrogens (tertiary/aromatic N) is 2. The van der Waals surface area contributed by atoms with Crippen LogP contribution >= 0.6 is 35.7 Å². The van der Waals surface area contributed by atoms with E-state index in [0.717, 1.165) is 5.56 Å². The zero-order chi connectivity index (χ0) is 10.9. The lowest BCUT2D eigenvalue weighted by molar-refractivity contribution is 1.25. The van der Waals surface area contributed by atoms with Gasteiger partial charge >= 0.3 is 0 Å². The first-order valence-electron chi connectivity index (χ1n) is 4.45. The minimum Gasteiger partial charge on any atom is -0.377 e. The second-order valence-electron chi connectivity index (χ2n) is 2.68. The molecule has 0 saturated heterocycles. The minimum absolute atomic E-state index is 0. The van der Waals surface area contributed by atoms with Gasteiger partial charge in [-0.25, -0.2) is 0 Å². The Hall–Kier alpha value is -0.820. The Morgan fingerprint density at radius 1 is 1.31 bits per heavy atom. The maximum absolute atomic E-state index is 5.44. The molecule has 1 aromatic carbocycles. The number of halogens is 1. The highest BCUT2D eigenvalue weighted by atomic mass is 127. The number of nitrogens with two attached hydrogens (primary N) is 1. The Kier molecular flexibility index (Phi) is 8.93. The quantitative estimate of drug-likeness (QED) is 0.396. The number of thioether (sulfide) groups is 1. The van der Waals surface area contributed by atoms with Gasteiger partial charge in [-0.3, -0.25) is 0 Å². The van der Waals surface area contributed by atoms with E-state index in [9.17, 15) is 0 Å². The Balaban J connectivity index is 0.00000225. The molecule has 0 unspecified atom stereocenters. The van der Waals surface area contributed by atoms with Crippen molar-refractivity contribution in [2.45, 2.75) is 0 Å². The monoisotopic (exact) mass is 347 g/mol. The lowest BCUT2D eigenvalue weighted by Crippen LogP contribution is -2.03. The van der Waals surface area contributed by atoms with Crippen molar-refractivity contribution in [1.82, 2.24) is 0 Å². The number of hydrogen-bond acceptors (Lipinski definition) is 3. The van der Waals surface area contributed by atoms with Gasteiger partial charge in [0.05, 0.1) is 0 Å². The molecular formula is C11H14IN3S. The molecule has 0 saturated carbocycles. The molecule has 0 spiro atoms. The Morgan fingerprint density at radius 3 is 2.62 bits per heavy atom. The Labute approximate surface area is 117 Å². The highest BCUT2D eigenvalue weighted by Gasteiger charge is 1.82. The summed E-state index contributed by atoms with van der Waals surface area (Å²) in [4.78, 5) is 0. The maximum atomic E-state index is 5.44. The summed E-state index contributed by atoms with van der Waals surface area (Å²) < 4.78 is 0. The van der Waals surface area contributed by atoms with Gasteiger partial charge in [-0.05, 0) is 17.9 Å². The number of allylic oxidation sites excluding steroid dienone is 1. The highest BCUT2D eigenvalue weighted by Crippen LogP contribution is 1.99. The molecule has 0 aliphatic heterocycles. The summed E-state index contributed by atoms with van der Waals surface area (Å²) in [6.07, 6.45) is 7.24. The first kappa shape index (κ1) is 15.2. The van der Waals surface area contributed by atoms with Crippen molar-refractivity contribution in [3.8, 4) is 0 Å². The van der Waals surface area contributed by atoms with Crippen LogP contribution in [0.5, 0.6) is 0 Å². The molecule has 0 atom stereocenters. The molecule has 0 radical (unpaired) electrons. The third-order valence-corrected chi connectivity index (χ3v) is 2.11. The largest absolute Gasteiger partial charge is 0.377 e. The predicted octanol–water partition coefficient (Wildman–Crippen LogP) is 2.98. The van der Waals surface area contributed by atoms with Gasteiger partial charge in [-0.1, -0.05) is 48.2 Å². The molecule has 0 aromatic heterocycles. The fraction of sp³-hybridized carbons (Fsp3) is 0.0909. The average Bonchev–Trinajstić information content (AvgIpc) is 2.29. The molecule has 2 N–H and O–H groups in total. The fourth-order valence-electron chi connectivity index (χ4n) is 0.888. The normalized spacial score (nSPS) is 11.9. The summed E-state index contributed by atoms with van der Waals surface area (Å²) in [6, 6.07) is 9.99. The van der Waals surface area contributed by atoms with Crippen LogP contribution in [0.1, 0.15) is 5.56 Å². The predicted molar refractivity (Wildman–Crippen MR) is 84.5 cm³/mol. The van der Waals surface area contributed by atoms with Gasteiger partial charge in [0.15, 0.2) is 5.17 Å². The van der Waals surface area contributed by atoms with E-state index in [0.29, 0.717) is 5.17 Å². The Bertz CT molecular complexity index is 374. The second-order valence-corrected chi connectivity index (χ2v) is 3.50. The molecular weight excluding hydrogens is 333 g/mol. The summed E-state index contributed by atoms with van der Waals surface area (Å²) in [6.45, 7) is 0. The van der Waals surface area contributed by atoms with E-state index >= 15 is 0 Å². The van der Waals surface area contributed by atoms with Crippen LogP contribution < -0.4 is 5.73 Å². The third kappa shape index (κ3) is 6.62. The number of rotatable bonds is 3. The summed E-state index contributed by atoms with van der Waals surface area (Å²) in [7, 11) is 0. The summed E-state index contributed by atoms with van der Waals surface area (Å²) >= 11 is 1.37. The fourth-order valence-corrected chi connectivity index (χ4v) is 1.02. The minimum atomic E-state index is 0. The smallest absolute Gasteiger partial charge is 0.180 e. The summed E-state index contributed by atoms with van der Waals surface area (Å²) in [5.74, 6) is 0. The van der Waals surface area contributed by atoms with Crippen LogP contribution in [0.15, 0.2) is 46.6 Å². The van der Waals surface area contributed by atoms with Crippen molar-refractivity contribution < 1.29 is 0 Å². The van der Waals surface area contributed by atoms with E-state index in [1.54, 1.807) is 6.21 Å². The molecule has 0 aliphatic rings. The molecule has 3 nitrogen and oxygen atoms in total. The summed E-state index contributed by atoms with van der Waals surface area (Å²) in [5.41, 5.74) is 6.57. The third-order valence-electron chi connectivity index (χ3n) is 1.61. The number of amidine groups is 1. The van der Waals surface area contributed by atoms with Crippen LogP contribution in [0.2, 0.25) is 0 Å². The molecule has 5 heteroatoms. The molecule has 0 fully saturated rings. The van der Waals surface area contributed by atoms with Crippen LogP contribution in [0.4, 0.5) is 0 Å². The van der Waals surface area contributed by atoms with Gasteiger partial charge in [0.1, 0.15) is 0 Å². The SMILES string of the molecule is CS\C(N)=N/N=C/C=C/c1ccccc1.I. The first-order chi connectivity index (χ1) is 7.33. The van der Waals surface area contributed by atoms with Crippen LogP contribution in [0, 0.1) is 0 Å². The number of hydrogen-bond donors (Lipinski definition) is 1. The van der Waals surface area contributed by atoms with Gasteiger partial charge in [0.25, 0.3) is 0 Å². The molecule has 0 heterocycles. The van der Waals surface area contributed by atoms with Gasteiger partial charge in [0.2, 0.25) is 0 Å². The van der Waals surface area contributed by atoms with E-state index in [-0.39, 0.29) is 24.0 Å².